The molecule has 0 saturated heterocycles. The largest absolute Gasteiger partial charge is 0.397 e. The van der Waals surface area contributed by atoms with E-state index in [0.29, 0.717) is 16.0 Å². The predicted molar refractivity (Wildman–Crippen MR) is 83.6 cm³/mol. The van der Waals surface area contributed by atoms with E-state index in [1.165, 1.54) is 24.2 Å². The minimum Gasteiger partial charge on any atom is -0.397 e. The molecular formula is C14H15BrN2OS. The van der Waals surface area contributed by atoms with Crippen LogP contribution in [-0.4, -0.2) is 12.5 Å². The Morgan fingerprint density at radius 2 is 2.26 bits per heavy atom. The normalized spacial score (nSPS) is 16.5. The molecule has 1 aromatic carbocycles. The number of anilines is 1. The van der Waals surface area contributed by atoms with Crippen LogP contribution < -0.4 is 11.1 Å². The maximum Gasteiger partial charge on any atom is 0.263 e. The van der Waals surface area contributed by atoms with Gasteiger partial charge in [0.2, 0.25) is 0 Å². The van der Waals surface area contributed by atoms with Crippen LogP contribution in [0.1, 0.15) is 29.4 Å². The van der Waals surface area contributed by atoms with Gasteiger partial charge in [0.05, 0.1) is 5.69 Å². The second-order valence-corrected chi connectivity index (χ2v) is 7.45. The summed E-state index contributed by atoms with van der Waals surface area (Å²) >= 11 is 4.88. The molecule has 5 heteroatoms. The number of carbonyl (C=O) groups is 1. The monoisotopic (exact) mass is 338 g/mol. The van der Waals surface area contributed by atoms with Crippen molar-refractivity contribution >= 4 is 48.9 Å². The number of halogens is 1. The van der Waals surface area contributed by atoms with Crippen LogP contribution in [0.5, 0.6) is 0 Å². The topological polar surface area (TPSA) is 55.1 Å². The molecule has 1 aromatic heterocycles. The number of fused-ring (bicyclic) bond motifs is 1. The summed E-state index contributed by atoms with van der Waals surface area (Å²) in [4.78, 5) is 12.8. The number of benzene rings is 1. The van der Waals surface area contributed by atoms with Crippen LogP contribution in [0.25, 0.3) is 10.1 Å². The van der Waals surface area contributed by atoms with Gasteiger partial charge in [0.1, 0.15) is 4.88 Å². The van der Waals surface area contributed by atoms with Gasteiger partial charge in [-0.1, -0.05) is 28.9 Å². The number of nitrogen functional groups attached to an aromatic ring is 1. The summed E-state index contributed by atoms with van der Waals surface area (Å²) in [5.41, 5.74) is 6.98. The Morgan fingerprint density at radius 3 is 2.95 bits per heavy atom. The van der Waals surface area contributed by atoms with Crippen molar-refractivity contribution in [2.75, 3.05) is 12.3 Å². The number of nitrogens with two attached hydrogens (primary N) is 1. The molecule has 1 heterocycles. The summed E-state index contributed by atoms with van der Waals surface area (Å²) in [6.45, 7) is 2.93. The number of amides is 1. The lowest BCUT2D eigenvalue weighted by molar-refractivity contribution is 0.0951. The van der Waals surface area contributed by atoms with E-state index in [2.05, 4.69) is 28.2 Å². The first kappa shape index (κ1) is 12.9. The standard InChI is InChI=1S/C14H15BrN2OS/c1-14(4-5-14)7-17-13(18)12-11(16)9-3-2-8(15)6-10(9)19-12/h2-3,6H,4-5,7,16H2,1H3,(H,17,18). The van der Waals surface area contributed by atoms with Gasteiger partial charge in [-0.25, -0.2) is 0 Å². The molecule has 1 fully saturated rings. The molecular weight excluding hydrogens is 324 g/mol. The summed E-state index contributed by atoms with van der Waals surface area (Å²) in [5, 5.41) is 3.95. The van der Waals surface area contributed by atoms with Crippen molar-refractivity contribution in [1.29, 1.82) is 0 Å². The van der Waals surface area contributed by atoms with E-state index in [1.54, 1.807) is 0 Å². The lowest BCUT2D eigenvalue weighted by Crippen LogP contribution is -2.28. The van der Waals surface area contributed by atoms with Gasteiger partial charge < -0.3 is 11.1 Å². The minimum atomic E-state index is -0.0528. The van der Waals surface area contributed by atoms with E-state index in [1.807, 2.05) is 18.2 Å². The van der Waals surface area contributed by atoms with Crippen LogP contribution >= 0.6 is 27.3 Å². The second-order valence-electron chi connectivity index (χ2n) is 5.48. The fourth-order valence-electron chi connectivity index (χ4n) is 2.02. The lowest BCUT2D eigenvalue weighted by atomic mass is 10.1. The molecule has 2 aromatic rings. The molecule has 0 bridgehead atoms. The first-order valence-electron chi connectivity index (χ1n) is 6.24. The van der Waals surface area contributed by atoms with Crippen LogP contribution in [0.2, 0.25) is 0 Å². The third kappa shape index (κ3) is 2.49. The lowest BCUT2D eigenvalue weighted by Gasteiger charge is -2.09. The molecule has 1 aliphatic carbocycles. The van der Waals surface area contributed by atoms with Gasteiger partial charge >= 0.3 is 0 Å². The Kier molecular flexibility index (Phi) is 3.06. The number of carbonyl (C=O) groups excluding carboxylic acids is 1. The van der Waals surface area contributed by atoms with Crippen LogP contribution in [-0.2, 0) is 0 Å². The van der Waals surface area contributed by atoms with Crippen LogP contribution in [0.4, 0.5) is 5.69 Å². The van der Waals surface area contributed by atoms with Crippen LogP contribution in [0.15, 0.2) is 22.7 Å². The first-order valence-corrected chi connectivity index (χ1v) is 7.85. The molecule has 0 spiro atoms. The Labute approximate surface area is 124 Å². The Morgan fingerprint density at radius 1 is 1.53 bits per heavy atom. The molecule has 0 radical (unpaired) electrons. The molecule has 1 aliphatic rings. The highest BCUT2D eigenvalue weighted by Crippen LogP contribution is 2.44. The van der Waals surface area contributed by atoms with Gasteiger partial charge in [0.25, 0.3) is 5.91 Å². The average Bonchev–Trinajstić information content (AvgIpc) is 3.02. The van der Waals surface area contributed by atoms with Crippen molar-refractivity contribution in [1.82, 2.24) is 5.32 Å². The van der Waals surface area contributed by atoms with Gasteiger partial charge in [0.15, 0.2) is 0 Å². The van der Waals surface area contributed by atoms with Gasteiger partial charge in [-0.15, -0.1) is 11.3 Å². The van der Waals surface area contributed by atoms with E-state index in [0.717, 1.165) is 21.1 Å². The summed E-state index contributed by atoms with van der Waals surface area (Å²) in [7, 11) is 0. The van der Waals surface area contributed by atoms with Crippen molar-refractivity contribution in [2.24, 2.45) is 5.41 Å². The SMILES string of the molecule is CC1(CNC(=O)c2sc3cc(Br)ccc3c2N)CC1. The number of hydrogen-bond acceptors (Lipinski definition) is 3. The van der Waals surface area contributed by atoms with Gasteiger partial charge in [0, 0.05) is 21.1 Å². The zero-order chi connectivity index (χ0) is 13.6. The van der Waals surface area contributed by atoms with Crippen molar-refractivity contribution < 1.29 is 4.79 Å². The highest BCUT2D eigenvalue weighted by Gasteiger charge is 2.37. The summed E-state index contributed by atoms with van der Waals surface area (Å²) < 4.78 is 2.04. The fourth-order valence-corrected chi connectivity index (χ4v) is 3.61. The number of nitrogens with one attached hydrogen (secondary N) is 1. The molecule has 1 saturated carbocycles. The highest BCUT2D eigenvalue weighted by atomic mass is 79.9. The van der Waals surface area contributed by atoms with Crippen LogP contribution in [0, 0.1) is 5.41 Å². The highest BCUT2D eigenvalue weighted by molar-refractivity contribution is 9.10. The van der Waals surface area contributed by atoms with Crippen molar-refractivity contribution in [3.63, 3.8) is 0 Å². The first-order chi connectivity index (χ1) is 8.98. The minimum absolute atomic E-state index is 0.0528. The molecule has 3 rings (SSSR count). The quantitative estimate of drug-likeness (QED) is 0.894. The Hall–Kier alpha value is -1.07. The molecule has 3 nitrogen and oxygen atoms in total. The zero-order valence-corrected chi connectivity index (χ0v) is 13.0. The molecule has 0 atom stereocenters. The van der Waals surface area contributed by atoms with Crippen molar-refractivity contribution in [3.05, 3.63) is 27.5 Å². The third-order valence-electron chi connectivity index (χ3n) is 3.68. The molecule has 100 valence electrons. The van der Waals surface area contributed by atoms with Gasteiger partial charge in [-0.05, 0) is 30.4 Å². The maximum atomic E-state index is 12.2. The summed E-state index contributed by atoms with van der Waals surface area (Å²) in [6, 6.07) is 5.89. The number of thiophene rings is 1. The predicted octanol–water partition coefficient (Wildman–Crippen LogP) is 3.78. The Bertz CT molecular complexity index is 661. The van der Waals surface area contributed by atoms with Crippen molar-refractivity contribution in [3.8, 4) is 0 Å². The number of hydrogen-bond donors (Lipinski definition) is 2. The van der Waals surface area contributed by atoms with Crippen molar-refractivity contribution in [2.45, 2.75) is 19.8 Å². The molecule has 1 amide bonds. The summed E-state index contributed by atoms with van der Waals surface area (Å²) in [6.07, 6.45) is 2.39. The van der Waals surface area contributed by atoms with E-state index < -0.39 is 0 Å². The summed E-state index contributed by atoms with van der Waals surface area (Å²) in [5.74, 6) is -0.0528. The smallest absolute Gasteiger partial charge is 0.263 e. The van der Waals surface area contributed by atoms with E-state index in [9.17, 15) is 4.79 Å². The van der Waals surface area contributed by atoms with E-state index >= 15 is 0 Å². The van der Waals surface area contributed by atoms with E-state index in [4.69, 9.17) is 5.73 Å². The van der Waals surface area contributed by atoms with Crippen LogP contribution in [0.3, 0.4) is 0 Å². The maximum absolute atomic E-state index is 12.2. The average molecular weight is 339 g/mol. The molecule has 0 aliphatic heterocycles. The zero-order valence-electron chi connectivity index (χ0n) is 10.6. The fraction of sp³-hybridized carbons (Fsp3) is 0.357. The van der Waals surface area contributed by atoms with Gasteiger partial charge in [-0.3, -0.25) is 4.79 Å². The molecule has 3 N–H and O–H groups in total. The third-order valence-corrected chi connectivity index (χ3v) is 5.34. The Balaban J connectivity index is 1.87. The van der Waals surface area contributed by atoms with Gasteiger partial charge in [-0.2, -0.15) is 0 Å². The van der Waals surface area contributed by atoms with E-state index in [-0.39, 0.29) is 5.91 Å². The molecule has 19 heavy (non-hydrogen) atoms. The molecule has 0 unspecified atom stereocenters. The second kappa shape index (κ2) is 4.49. The number of rotatable bonds is 3.